The maximum Gasteiger partial charge on any atom is 0.353 e. The van der Waals surface area contributed by atoms with Gasteiger partial charge in [0.15, 0.2) is 0 Å². The number of phenols is 1. The molecule has 0 saturated carbocycles. The fraction of sp³-hybridized carbons (Fsp3) is 0.0769. The number of rotatable bonds is 2. The highest BCUT2D eigenvalue weighted by Gasteiger charge is 2.17. The number of hydrogen-bond donors (Lipinski definition) is 4. The smallest absolute Gasteiger partial charge is 0.353 e. The van der Waals surface area contributed by atoms with Crippen LogP contribution in [-0.2, 0) is 0 Å². The number of aromatic amines is 2. The molecule has 0 bridgehead atoms. The molecule has 2 heterocycles. The Morgan fingerprint density at radius 1 is 1.37 bits per heavy atom. The van der Waals surface area contributed by atoms with E-state index in [0.717, 1.165) is 11.2 Å². The Balaban J connectivity index is 2.29. The number of aryl methyl sites for hydroxylation is 1. The maximum atomic E-state index is 10.9. The summed E-state index contributed by atoms with van der Waals surface area (Å²) in [6.07, 6.45) is 0. The summed E-state index contributed by atoms with van der Waals surface area (Å²) in [5, 5.41) is 26.0. The second kappa shape index (κ2) is 3.88. The van der Waals surface area contributed by atoms with Crippen LogP contribution in [0.4, 0.5) is 0 Å². The van der Waals surface area contributed by atoms with Crippen molar-refractivity contribution in [1.82, 2.24) is 15.2 Å². The molecule has 0 atom stereocenters. The van der Waals surface area contributed by atoms with Gasteiger partial charge in [-0.1, -0.05) is 6.07 Å². The van der Waals surface area contributed by atoms with E-state index in [1.54, 1.807) is 12.1 Å². The van der Waals surface area contributed by atoms with Gasteiger partial charge in [0, 0.05) is 11.3 Å². The fourth-order valence-electron chi connectivity index (χ4n) is 2.24. The van der Waals surface area contributed by atoms with Gasteiger partial charge in [-0.3, -0.25) is 5.10 Å². The number of H-pyrrole nitrogens is 2. The molecule has 19 heavy (non-hydrogen) atoms. The molecular weight excluding hydrogens is 246 g/mol. The van der Waals surface area contributed by atoms with Gasteiger partial charge in [0.2, 0.25) is 0 Å². The summed E-state index contributed by atoms with van der Waals surface area (Å²) in [4.78, 5) is 14.0. The number of nitrogens with one attached hydrogen (secondary N) is 2. The van der Waals surface area contributed by atoms with Crippen molar-refractivity contribution in [3.8, 4) is 17.0 Å². The predicted molar refractivity (Wildman–Crippen MR) is 69.2 cm³/mol. The zero-order chi connectivity index (χ0) is 13.6. The molecule has 0 spiro atoms. The van der Waals surface area contributed by atoms with Gasteiger partial charge in [0.1, 0.15) is 11.4 Å². The van der Waals surface area contributed by atoms with E-state index in [4.69, 9.17) is 5.11 Å². The normalized spacial score (nSPS) is 11.0. The number of carboxylic acid groups (broad SMARTS) is 1. The molecule has 3 aromatic rings. The summed E-state index contributed by atoms with van der Waals surface area (Å²) in [5.41, 5.74) is 2.81. The van der Waals surface area contributed by atoms with Crippen LogP contribution in [0, 0.1) is 6.92 Å². The maximum absolute atomic E-state index is 10.9. The van der Waals surface area contributed by atoms with Crippen LogP contribution in [0.15, 0.2) is 24.3 Å². The zero-order valence-corrected chi connectivity index (χ0v) is 10.1. The highest BCUT2D eigenvalue weighted by atomic mass is 16.4. The van der Waals surface area contributed by atoms with Crippen LogP contribution in [0.25, 0.3) is 22.2 Å². The van der Waals surface area contributed by atoms with Crippen molar-refractivity contribution in [3.05, 3.63) is 35.7 Å². The second-order valence-corrected chi connectivity index (χ2v) is 4.30. The van der Waals surface area contributed by atoms with E-state index < -0.39 is 5.97 Å². The molecule has 0 aliphatic rings. The molecule has 0 fully saturated rings. The molecule has 6 nitrogen and oxygen atoms in total. The van der Waals surface area contributed by atoms with Crippen LogP contribution < -0.4 is 0 Å². The topological polar surface area (TPSA) is 102 Å². The second-order valence-electron chi connectivity index (χ2n) is 4.30. The molecule has 96 valence electrons. The number of benzene rings is 1. The number of phenolic OH excluding ortho intramolecular Hbond substituents is 1. The first kappa shape index (κ1) is 11.3. The van der Waals surface area contributed by atoms with Crippen molar-refractivity contribution < 1.29 is 15.0 Å². The third-order valence-corrected chi connectivity index (χ3v) is 3.05. The molecule has 6 heteroatoms. The first-order valence-corrected chi connectivity index (χ1v) is 5.67. The van der Waals surface area contributed by atoms with Crippen molar-refractivity contribution in [1.29, 1.82) is 0 Å². The first-order chi connectivity index (χ1) is 9.08. The van der Waals surface area contributed by atoms with Crippen LogP contribution >= 0.6 is 0 Å². The van der Waals surface area contributed by atoms with Crippen molar-refractivity contribution >= 4 is 16.9 Å². The highest BCUT2D eigenvalue weighted by Crippen LogP contribution is 2.36. The Bertz CT molecular complexity index is 786. The third kappa shape index (κ3) is 1.65. The van der Waals surface area contributed by atoms with Crippen molar-refractivity contribution in [3.63, 3.8) is 0 Å². The highest BCUT2D eigenvalue weighted by molar-refractivity contribution is 6.01. The van der Waals surface area contributed by atoms with Gasteiger partial charge < -0.3 is 15.2 Å². The molecule has 2 aromatic heterocycles. The largest absolute Gasteiger partial charge is 0.507 e. The van der Waals surface area contributed by atoms with E-state index in [0.29, 0.717) is 16.6 Å². The van der Waals surface area contributed by atoms with E-state index in [1.165, 1.54) is 6.07 Å². The minimum atomic E-state index is -1.07. The van der Waals surface area contributed by atoms with E-state index in [1.807, 2.05) is 13.0 Å². The van der Waals surface area contributed by atoms with Gasteiger partial charge in [-0.2, -0.15) is 5.10 Å². The van der Waals surface area contributed by atoms with E-state index >= 15 is 0 Å². The lowest BCUT2D eigenvalue weighted by Crippen LogP contribution is -1.95. The standard InChI is InChI=1S/C13H11N3O3/c1-6-11(8-5-9(13(18)19)16-15-8)12-7(14-6)3-2-4-10(12)17/h2-5,14,17H,1H3,(H,15,16)(H,18,19). The average Bonchev–Trinajstić information content (AvgIpc) is 2.93. The van der Waals surface area contributed by atoms with Crippen LogP contribution in [-0.4, -0.2) is 31.4 Å². The number of aromatic hydroxyl groups is 1. The summed E-state index contributed by atoms with van der Waals surface area (Å²) in [5.74, 6) is -0.933. The molecule has 0 aliphatic carbocycles. The number of aromatic carboxylic acids is 1. The summed E-state index contributed by atoms with van der Waals surface area (Å²) < 4.78 is 0. The SMILES string of the molecule is Cc1[nH]c2cccc(O)c2c1-c1cc(C(=O)O)[nH]n1. The Morgan fingerprint density at radius 3 is 2.84 bits per heavy atom. The predicted octanol–water partition coefficient (Wildman–Crippen LogP) is 2.27. The zero-order valence-electron chi connectivity index (χ0n) is 10.1. The Kier molecular flexibility index (Phi) is 2.31. The van der Waals surface area contributed by atoms with Gasteiger partial charge in [0.05, 0.1) is 16.6 Å². The van der Waals surface area contributed by atoms with Crippen LogP contribution in [0.3, 0.4) is 0 Å². The number of aromatic nitrogens is 3. The van der Waals surface area contributed by atoms with Gasteiger partial charge in [-0.15, -0.1) is 0 Å². The Morgan fingerprint density at radius 2 is 2.16 bits per heavy atom. The van der Waals surface area contributed by atoms with Gasteiger partial charge >= 0.3 is 5.97 Å². The van der Waals surface area contributed by atoms with E-state index in [2.05, 4.69) is 15.2 Å². The molecule has 0 amide bonds. The lowest BCUT2D eigenvalue weighted by molar-refractivity contribution is 0.0690. The molecule has 3 rings (SSSR count). The van der Waals surface area contributed by atoms with Gasteiger partial charge in [0.25, 0.3) is 0 Å². The van der Waals surface area contributed by atoms with Crippen LogP contribution in [0.5, 0.6) is 5.75 Å². The Hall–Kier alpha value is -2.76. The molecule has 4 N–H and O–H groups in total. The summed E-state index contributed by atoms with van der Waals surface area (Å²) >= 11 is 0. The number of hydrogen-bond acceptors (Lipinski definition) is 3. The van der Waals surface area contributed by atoms with Crippen LogP contribution in [0.1, 0.15) is 16.2 Å². The quantitative estimate of drug-likeness (QED) is 0.565. The first-order valence-electron chi connectivity index (χ1n) is 5.67. The van der Waals surface area contributed by atoms with E-state index in [9.17, 15) is 9.90 Å². The van der Waals surface area contributed by atoms with Crippen molar-refractivity contribution in [2.24, 2.45) is 0 Å². The number of nitrogens with zero attached hydrogens (tertiary/aromatic N) is 1. The third-order valence-electron chi connectivity index (χ3n) is 3.05. The van der Waals surface area contributed by atoms with Gasteiger partial charge in [-0.05, 0) is 25.1 Å². The summed E-state index contributed by atoms with van der Waals surface area (Å²) in [6, 6.07) is 6.62. The molecule has 0 aliphatic heterocycles. The average molecular weight is 257 g/mol. The lowest BCUT2D eigenvalue weighted by Gasteiger charge is -1.98. The lowest BCUT2D eigenvalue weighted by atomic mass is 10.1. The van der Waals surface area contributed by atoms with Crippen molar-refractivity contribution in [2.45, 2.75) is 6.92 Å². The van der Waals surface area contributed by atoms with E-state index in [-0.39, 0.29) is 11.4 Å². The monoisotopic (exact) mass is 257 g/mol. The number of carbonyl (C=O) groups is 1. The molecular formula is C13H11N3O3. The van der Waals surface area contributed by atoms with Crippen LogP contribution in [0.2, 0.25) is 0 Å². The van der Waals surface area contributed by atoms with Crippen molar-refractivity contribution in [2.75, 3.05) is 0 Å². The summed E-state index contributed by atoms with van der Waals surface area (Å²) in [6.45, 7) is 1.85. The molecule has 0 saturated heterocycles. The molecule has 0 radical (unpaired) electrons. The minimum Gasteiger partial charge on any atom is -0.507 e. The Labute approximate surface area is 107 Å². The van der Waals surface area contributed by atoms with Gasteiger partial charge in [-0.25, -0.2) is 4.79 Å². The molecule has 1 aromatic carbocycles. The number of carboxylic acids is 1. The molecule has 0 unspecified atom stereocenters. The fourth-order valence-corrected chi connectivity index (χ4v) is 2.24. The summed E-state index contributed by atoms with van der Waals surface area (Å²) in [7, 11) is 0. The number of fused-ring (bicyclic) bond motifs is 1. The minimum absolute atomic E-state index is 0.0131.